The molecule has 0 aliphatic rings. The fraction of sp³-hybridized carbons (Fsp3) is 0.172. The SMILES string of the molecule is Cn1c(-c2ccccc2O)nc2c(-c3[c-]c(-c4ccccn4)cc(C(C)(C)C)c3)cccc21.[Pt]. The minimum absolute atomic E-state index is 0. The number of pyridine rings is 1. The molecule has 0 fully saturated rings. The van der Waals surface area contributed by atoms with Crippen LogP contribution in [0.4, 0.5) is 0 Å². The standard InChI is InChI=1S/C29H26N3O.Pt/c1-29(2,3)21-17-19(16-20(18-21)24-12-7-8-15-30-24)22-11-9-13-25-27(22)31-28(32(25)4)23-10-5-6-14-26(23)33;/h5-15,17-18,33H,1-4H3;/q-1;. The molecule has 0 amide bonds. The Labute approximate surface area is 214 Å². The Balaban J connectivity index is 0.00000274. The molecule has 34 heavy (non-hydrogen) atoms. The number of hydrogen-bond acceptors (Lipinski definition) is 3. The first kappa shape index (κ1) is 23.9. The molecule has 2 aromatic heterocycles. The molecule has 0 bridgehead atoms. The van der Waals surface area contributed by atoms with Gasteiger partial charge in [0.2, 0.25) is 0 Å². The first-order valence-electron chi connectivity index (χ1n) is 11.1. The zero-order valence-electron chi connectivity index (χ0n) is 19.6. The Morgan fingerprint density at radius 3 is 2.26 bits per heavy atom. The van der Waals surface area contributed by atoms with Crippen molar-refractivity contribution in [1.29, 1.82) is 0 Å². The van der Waals surface area contributed by atoms with Gasteiger partial charge in [0.25, 0.3) is 0 Å². The van der Waals surface area contributed by atoms with Crippen LogP contribution in [0.5, 0.6) is 5.75 Å². The second kappa shape index (κ2) is 9.19. The van der Waals surface area contributed by atoms with E-state index < -0.39 is 0 Å². The van der Waals surface area contributed by atoms with E-state index >= 15 is 0 Å². The fourth-order valence-electron chi connectivity index (χ4n) is 4.14. The molecule has 5 heteroatoms. The van der Waals surface area contributed by atoms with Crippen molar-refractivity contribution in [3.8, 4) is 39.5 Å². The van der Waals surface area contributed by atoms with Crippen LogP contribution in [0.3, 0.4) is 0 Å². The van der Waals surface area contributed by atoms with Gasteiger partial charge in [0.1, 0.15) is 11.6 Å². The van der Waals surface area contributed by atoms with E-state index in [1.807, 2.05) is 60.3 Å². The Bertz CT molecular complexity index is 1470. The molecule has 0 atom stereocenters. The van der Waals surface area contributed by atoms with E-state index in [-0.39, 0.29) is 32.2 Å². The number of para-hydroxylation sites is 2. The summed E-state index contributed by atoms with van der Waals surface area (Å²) in [5.74, 6) is 0.948. The number of benzene rings is 3. The zero-order chi connectivity index (χ0) is 23.2. The Hall–Kier alpha value is -3.23. The van der Waals surface area contributed by atoms with Gasteiger partial charge in [-0.05, 0) is 29.7 Å². The third kappa shape index (κ3) is 4.31. The summed E-state index contributed by atoms with van der Waals surface area (Å²) in [5, 5.41) is 10.4. The van der Waals surface area contributed by atoms with E-state index in [9.17, 15) is 5.11 Å². The first-order valence-corrected chi connectivity index (χ1v) is 11.1. The molecule has 0 unspecified atom stereocenters. The number of phenolic OH excluding ortho intramolecular Hbond substituents is 1. The number of fused-ring (bicyclic) bond motifs is 1. The van der Waals surface area contributed by atoms with Crippen molar-refractivity contribution in [2.75, 3.05) is 0 Å². The molecule has 0 aliphatic carbocycles. The van der Waals surface area contributed by atoms with Crippen molar-refractivity contribution in [2.45, 2.75) is 26.2 Å². The van der Waals surface area contributed by atoms with Crippen molar-refractivity contribution in [2.24, 2.45) is 7.05 Å². The van der Waals surface area contributed by atoms with E-state index in [0.717, 1.165) is 39.2 Å². The van der Waals surface area contributed by atoms with Crippen molar-refractivity contribution in [3.63, 3.8) is 0 Å². The summed E-state index contributed by atoms with van der Waals surface area (Å²) < 4.78 is 2.03. The van der Waals surface area contributed by atoms with Gasteiger partial charge in [-0.1, -0.05) is 68.3 Å². The largest absolute Gasteiger partial charge is 0.507 e. The number of rotatable bonds is 3. The third-order valence-electron chi connectivity index (χ3n) is 6.02. The minimum atomic E-state index is -0.0353. The summed E-state index contributed by atoms with van der Waals surface area (Å²) in [5.41, 5.74) is 7.62. The van der Waals surface area contributed by atoms with E-state index in [4.69, 9.17) is 4.98 Å². The quantitative estimate of drug-likeness (QED) is 0.225. The Morgan fingerprint density at radius 2 is 1.56 bits per heavy atom. The number of aromatic hydroxyl groups is 1. The maximum absolute atomic E-state index is 10.4. The molecule has 2 heterocycles. The monoisotopic (exact) mass is 627 g/mol. The van der Waals surface area contributed by atoms with Crippen molar-refractivity contribution in [3.05, 3.63) is 90.6 Å². The molecule has 0 aliphatic heterocycles. The molecule has 0 saturated heterocycles. The predicted octanol–water partition coefficient (Wildman–Crippen LogP) is 6.77. The molecule has 5 rings (SSSR count). The summed E-state index contributed by atoms with van der Waals surface area (Å²) >= 11 is 0. The summed E-state index contributed by atoms with van der Waals surface area (Å²) in [4.78, 5) is 9.54. The summed E-state index contributed by atoms with van der Waals surface area (Å²) in [6, 6.07) is 27.4. The van der Waals surface area contributed by atoms with Crippen LogP contribution in [-0.2, 0) is 33.5 Å². The molecule has 0 radical (unpaired) electrons. The van der Waals surface area contributed by atoms with E-state index in [2.05, 4.69) is 56.1 Å². The Morgan fingerprint density at radius 1 is 0.853 bits per heavy atom. The number of hydrogen-bond donors (Lipinski definition) is 1. The number of aromatic nitrogens is 3. The van der Waals surface area contributed by atoms with Crippen LogP contribution < -0.4 is 0 Å². The Kier molecular flexibility index (Phi) is 6.47. The molecule has 5 aromatic rings. The summed E-state index contributed by atoms with van der Waals surface area (Å²) in [6.07, 6.45) is 1.81. The van der Waals surface area contributed by atoms with Gasteiger partial charge in [-0.2, -0.15) is 0 Å². The van der Waals surface area contributed by atoms with Crippen LogP contribution in [0.25, 0.3) is 44.8 Å². The first-order chi connectivity index (χ1) is 15.8. The fourth-order valence-corrected chi connectivity index (χ4v) is 4.14. The zero-order valence-corrected chi connectivity index (χ0v) is 21.9. The molecular weight excluding hydrogens is 601 g/mol. The van der Waals surface area contributed by atoms with Crippen LogP contribution in [0.2, 0.25) is 0 Å². The molecule has 0 spiro atoms. The van der Waals surface area contributed by atoms with Crippen LogP contribution in [0.1, 0.15) is 26.3 Å². The molecule has 1 N–H and O–H groups in total. The summed E-state index contributed by atoms with van der Waals surface area (Å²) in [7, 11) is 1.98. The van der Waals surface area contributed by atoms with E-state index in [1.54, 1.807) is 6.07 Å². The van der Waals surface area contributed by atoms with Crippen LogP contribution in [0.15, 0.2) is 79.0 Å². The maximum Gasteiger partial charge on any atom is 0.143 e. The number of imidazole rings is 1. The van der Waals surface area contributed by atoms with Crippen molar-refractivity contribution in [1.82, 2.24) is 14.5 Å². The average Bonchev–Trinajstić information content (AvgIpc) is 3.15. The molecule has 174 valence electrons. The van der Waals surface area contributed by atoms with Gasteiger partial charge in [0, 0.05) is 40.0 Å². The van der Waals surface area contributed by atoms with E-state index in [0.29, 0.717) is 5.56 Å². The summed E-state index contributed by atoms with van der Waals surface area (Å²) in [6.45, 7) is 6.64. The normalized spacial score (nSPS) is 11.4. The molecule has 4 nitrogen and oxygen atoms in total. The van der Waals surface area contributed by atoms with Crippen LogP contribution in [0, 0.1) is 6.07 Å². The number of nitrogens with zero attached hydrogens (tertiary/aromatic N) is 3. The van der Waals surface area contributed by atoms with Gasteiger partial charge in [-0.3, -0.25) is 4.98 Å². The smallest absolute Gasteiger partial charge is 0.143 e. The minimum Gasteiger partial charge on any atom is -0.507 e. The predicted molar refractivity (Wildman–Crippen MR) is 134 cm³/mol. The topological polar surface area (TPSA) is 50.9 Å². The number of aryl methyl sites for hydroxylation is 1. The van der Waals surface area contributed by atoms with Crippen molar-refractivity contribution < 1.29 is 26.2 Å². The third-order valence-corrected chi connectivity index (χ3v) is 6.02. The van der Waals surface area contributed by atoms with Gasteiger partial charge < -0.3 is 9.67 Å². The van der Waals surface area contributed by atoms with E-state index in [1.165, 1.54) is 5.56 Å². The van der Waals surface area contributed by atoms with Crippen LogP contribution in [-0.4, -0.2) is 19.6 Å². The van der Waals surface area contributed by atoms with Gasteiger partial charge in [-0.25, -0.2) is 4.98 Å². The van der Waals surface area contributed by atoms with Gasteiger partial charge in [0.15, 0.2) is 0 Å². The van der Waals surface area contributed by atoms with Gasteiger partial charge in [0.05, 0.1) is 16.6 Å². The van der Waals surface area contributed by atoms with Gasteiger partial charge >= 0.3 is 0 Å². The second-order valence-electron chi connectivity index (χ2n) is 9.35. The van der Waals surface area contributed by atoms with Crippen LogP contribution >= 0.6 is 0 Å². The maximum atomic E-state index is 10.4. The van der Waals surface area contributed by atoms with Crippen molar-refractivity contribution >= 4 is 11.0 Å². The number of phenols is 1. The van der Waals surface area contributed by atoms with Gasteiger partial charge in [-0.15, -0.1) is 29.3 Å². The molecule has 0 saturated carbocycles. The molecular formula is C29H26N3OPt-. The molecule has 3 aromatic carbocycles. The average molecular weight is 628 g/mol. The second-order valence-corrected chi connectivity index (χ2v) is 9.35.